The summed E-state index contributed by atoms with van der Waals surface area (Å²) in [5, 5.41) is 0. The van der Waals surface area contributed by atoms with Gasteiger partial charge in [-0.1, -0.05) is 0 Å². The summed E-state index contributed by atoms with van der Waals surface area (Å²) >= 11 is 0. The van der Waals surface area contributed by atoms with Gasteiger partial charge in [-0.25, -0.2) is 0 Å². The summed E-state index contributed by atoms with van der Waals surface area (Å²) in [6.07, 6.45) is 0. The molecule has 0 aromatic rings. The van der Waals surface area contributed by atoms with Crippen LogP contribution in [0, 0.1) is 0 Å². The van der Waals surface area contributed by atoms with Crippen LogP contribution in [0.1, 0.15) is 0 Å². The molecule has 0 aliphatic carbocycles. The third-order valence-electron chi connectivity index (χ3n) is 0. The van der Waals surface area contributed by atoms with Gasteiger partial charge in [-0.05, 0) is 8.36 Å². The molecule has 1 nitrogen and oxygen atoms in total. The zero-order valence-electron chi connectivity index (χ0n) is 1.95. The topological polar surface area (TPSA) is 20.2 Å². The summed E-state index contributed by atoms with van der Waals surface area (Å²) in [5.74, 6) is 0. The molecule has 0 rings (SSSR count). The van der Waals surface area contributed by atoms with E-state index in [1.807, 2.05) is 0 Å². The minimum absolute atomic E-state index is 0. The Balaban J connectivity index is 0. The molecule has 0 aliphatic heterocycles. The summed E-state index contributed by atoms with van der Waals surface area (Å²) in [4.78, 5) is 7.66. The molecule has 0 bridgehead atoms. The van der Waals surface area contributed by atoms with E-state index >= 15 is 0 Å². The Morgan fingerprint density at radius 2 is 1.75 bits per heavy atom. The summed E-state index contributed by atoms with van der Waals surface area (Å²) in [6, 6.07) is 0. The zero-order valence-corrected chi connectivity index (χ0v) is 4.95. The molecule has 22 valence electrons. The molecular weight excluding hydrogens is 82.0 g/mol. The second-order valence-electron chi connectivity index (χ2n) is 0.224. The maximum atomic E-state index is 7.66. The van der Waals surface area contributed by atoms with Crippen molar-refractivity contribution in [2.75, 3.05) is 0 Å². The zero-order chi connectivity index (χ0) is 2.71. The van der Waals surface area contributed by atoms with E-state index in [4.69, 9.17) is 4.89 Å². The molecule has 0 heterocycles. The third-order valence-corrected chi connectivity index (χ3v) is 0. The summed E-state index contributed by atoms with van der Waals surface area (Å²) < 4.78 is 0. The van der Waals surface area contributed by atoms with Gasteiger partial charge in [0, 0.05) is 0 Å². The minimum atomic E-state index is 0. The Hall–Kier alpha value is 1.20. The molecule has 1 atom stereocenters. The van der Waals surface area contributed by atoms with Crippen molar-refractivity contribution in [1.82, 2.24) is 0 Å². The Morgan fingerprint density at radius 1 is 1.75 bits per heavy atom. The standard InChI is InChI=1S/Li.H5OPSi.H/c;1-2-3;/h;1-2H,3H3;. The van der Waals surface area contributed by atoms with E-state index in [1.165, 1.54) is 0 Å². The van der Waals surface area contributed by atoms with Crippen LogP contribution in [0.5, 0.6) is 0 Å². The van der Waals surface area contributed by atoms with Gasteiger partial charge in [0.25, 0.3) is 0 Å². The molecule has 0 aromatic carbocycles. The number of rotatable bonds is 0. The monoisotopic (exact) mass is 88.0 g/mol. The van der Waals surface area contributed by atoms with Crippen LogP contribution in [0.4, 0.5) is 0 Å². The van der Waals surface area contributed by atoms with Crippen molar-refractivity contribution in [1.29, 1.82) is 0 Å². The van der Waals surface area contributed by atoms with E-state index in [1.54, 1.807) is 0 Å². The number of hydrogen-bond acceptors (Lipinski definition) is 1. The Bertz CT molecular complexity index is 8.00. The average Bonchev–Trinajstić information content (AvgIpc) is 0.918. The normalized spacial score (nSPS) is 8.25. The molecule has 0 saturated carbocycles. The van der Waals surface area contributed by atoms with E-state index in [0.29, 0.717) is 0 Å². The predicted molar refractivity (Wildman–Crippen MR) is 27.6 cm³/mol. The van der Waals surface area contributed by atoms with Gasteiger partial charge in [-0.3, -0.25) is 0 Å². The number of hydrogen-bond donors (Lipinski definition) is 1. The third kappa shape index (κ3) is 10.7. The fourth-order valence-electron chi connectivity index (χ4n) is 0. The van der Waals surface area contributed by atoms with Crippen LogP contribution in [0.2, 0.25) is 0 Å². The van der Waals surface area contributed by atoms with Crippen LogP contribution in [0.15, 0.2) is 0 Å². The summed E-state index contributed by atoms with van der Waals surface area (Å²) in [6.45, 7) is 0. The molecule has 1 unspecified atom stereocenters. The molecule has 0 aromatic heterocycles. The second kappa shape index (κ2) is 8.88. The quantitative estimate of drug-likeness (QED) is 0.274. The van der Waals surface area contributed by atoms with Gasteiger partial charge in [-0.2, -0.15) is 0 Å². The van der Waals surface area contributed by atoms with Gasteiger partial charge < -0.3 is 4.89 Å². The van der Waals surface area contributed by atoms with Gasteiger partial charge in [0.05, 0.1) is 9.91 Å². The fourth-order valence-corrected chi connectivity index (χ4v) is 0. The Labute approximate surface area is 42.5 Å². The van der Waals surface area contributed by atoms with E-state index in [2.05, 4.69) is 0 Å². The van der Waals surface area contributed by atoms with Gasteiger partial charge in [-0.15, -0.1) is 0 Å². The SMILES string of the molecule is OP[SiH3].[LiH]. The van der Waals surface area contributed by atoms with E-state index in [0.717, 1.165) is 9.91 Å². The van der Waals surface area contributed by atoms with Crippen LogP contribution < -0.4 is 0 Å². The maximum absolute atomic E-state index is 7.66. The Kier molecular flexibility index (Phi) is 19.9. The van der Waals surface area contributed by atoms with Crippen molar-refractivity contribution < 1.29 is 4.89 Å². The van der Waals surface area contributed by atoms with Gasteiger partial charge in [0.15, 0.2) is 0 Å². The molecule has 1 N–H and O–H groups in total. The van der Waals surface area contributed by atoms with Crippen LogP contribution in [-0.4, -0.2) is 33.7 Å². The van der Waals surface area contributed by atoms with Crippen molar-refractivity contribution in [3.05, 3.63) is 0 Å². The molecule has 0 fully saturated rings. The molecular formula is H6LiOPSi. The molecule has 0 saturated heterocycles. The molecule has 4 heavy (non-hydrogen) atoms. The van der Waals surface area contributed by atoms with Gasteiger partial charge >= 0.3 is 18.9 Å². The van der Waals surface area contributed by atoms with E-state index < -0.39 is 0 Å². The summed E-state index contributed by atoms with van der Waals surface area (Å²) in [7, 11) is 1.17. The first-order valence-electron chi connectivity index (χ1n) is 0.724. The first kappa shape index (κ1) is 8.96. The molecule has 0 radical (unpaired) electrons. The summed E-state index contributed by atoms with van der Waals surface area (Å²) in [5.41, 5.74) is 0. The van der Waals surface area contributed by atoms with E-state index in [9.17, 15) is 0 Å². The molecule has 0 aliphatic rings. The molecule has 4 heteroatoms. The van der Waals surface area contributed by atoms with Crippen molar-refractivity contribution in [3.63, 3.8) is 0 Å². The van der Waals surface area contributed by atoms with Crippen molar-refractivity contribution in [2.24, 2.45) is 0 Å². The molecule has 0 spiro atoms. The molecule has 0 amide bonds. The first-order valence-corrected chi connectivity index (χ1v) is 5.17. The van der Waals surface area contributed by atoms with Crippen molar-refractivity contribution in [2.45, 2.75) is 0 Å². The van der Waals surface area contributed by atoms with Crippen LogP contribution in [0.25, 0.3) is 0 Å². The van der Waals surface area contributed by atoms with Crippen molar-refractivity contribution in [3.8, 4) is 0 Å². The van der Waals surface area contributed by atoms with Crippen LogP contribution in [0.3, 0.4) is 0 Å². The average molecular weight is 88.0 g/mol. The predicted octanol–water partition coefficient (Wildman–Crippen LogP) is -1.80. The first-order chi connectivity index (χ1) is 1.41. The second-order valence-corrected chi connectivity index (χ2v) is 2.01. The fraction of sp³-hybridized carbons (Fsp3) is 0. The van der Waals surface area contributed by atoms with Gasteiger partial charge in [0.2, 0.25) is 0 Å². The van der Waals surface area contributed by atoms with Crippen LogP contribution in [-0.2, 0) is 0 Å². The van der Waals surface area contributed by atoms with E-state index in [-0.39, 0.29) is 27.2 Å². The van der Waals surface area contributed by atoms with Crippen LogP contribution >= 0.6 is 8.36 Å². The Morgan fingerprint density at radius 3 is 1.75 bits per heavy atom. The van der Waals surface area contributed by atoms with Gasteiger partial charge in [0.1, 0.15) is 0 Å². The van der Waals surface area contributed by atoms with Crippen molar-refractivity contribution >= 4 is 37.1 Å².